The van der Waals surface area contributed by atoms with E-state index in [2.05, 4.69) is 5.32 Å². The van der Waals surface area contributed by atoms with Gasteiger partial charge in [0.25, 0.3) is 5.91 Å². The number of sulfonamides is 1. The Hall–Kier alpha value is -1.44. The van der Waals surface area contributed by atoms with E-state index in [1.165, 1.54) is 18.2 Å². The Labute approximate surface area is 112 Å². The number of rotatable bonds is 3. The zero-order valence-electron chi connectivity index (χ0n) is 10.5. The molecule has 1 atom stereocenters. The number of anilines is 1. The lowest BCUT2D eigenvalue weighted by molar-refractivity contribution is -0.124. The van der Waals surface area contributed by atoms with Crippen LogP contribution in [0.2, 0.25) is 0 Å². The van der Waals surface area contributed by atoms with Crippen molar-refractivity contribution in [2.24, 2.45) is 5.14 Å². The van der Waals surface area contributed by atoms with E-state index in [0.717, 1.165) is 6.42 Å². The molecule has 1 saturated heterocycles. The Morgan fingerprint density at radius 3 is 2.74 bits per heavy atom. The second-order valence-electron chi connectivity index (χ2n) is 4.51. The van der Waals surface area contributed by atoms with Crippen molar-refractivity contribution in [2.45, 2.75) is 30.8 Å². The Bertz CT molecular complexity index is 592. The Balaban J connectivity index is 2.15. The summed E-state index contributed by atoms with van der Waals surface area (Å²) in [5.41, 5.74) is 1.20. The number of carbonyl (C=O) groups is 1. The lowest BCUT2D eigenvalue weighted by Gasteiger charge is -2.13. The molecule has 3 N–H and O–H groups in total. The van der Waals surface area contributed by atoms with Crippen molar-refractivity contribution in [1.82, 2.24) is 0 Å². The van der Waals surface area contributed by atoms with Gasteiger partial charge in [-0.1, -0.05) is 0 Å². The summed E-state index contributed by atoms with van der Waals surface area (Å²) in [6.07, 6.45) is 1.17. The van der Waals surface area contributed by atoms with Crippen LogP contribution in [0.15, 0.2) is 23.1 Å². The molecule has 104 valence electrons. The number of ether oxygens (including phenoxy) is 1. The van der Waals surface area contributed by atoms with Gasteiger partial charge in [-0.3, -0.25) is 4.79 Å². The molecule has 1 amide bonds. The molecule has 2 rings (SSSR count). The van der Waals surface area contributed by atoms with E-state index in [-0.39, 0.29) is 10.8 Å². The fraction of sp³-hybridized carbons (Fsp3) is 0.417. The normalized spacial score (nSPS) is 19.4. The number of benzene rings is 1. The zero-order chi connectivity index (χ0) is 14.0. The molecule has 0 spiro atoms. The number of nitrogens with two attached hydrogens (primary N) is 1. The second kappa shape index (κ2) is 5.28. The minimum Gasteiger partial charge on any atom is -0.368 e. The maximum absolute atomic E-state index is 11.9. The molecule has 7 heteroatoms. The zero-order valence-corrected chi connectivity index (χ0v) is 11.4. The summed E-state index contributed by atoms with van der Waals surface area (Å²) >= 11 is 0. The van der Waals surface area contributed by atoms with Crippen molar-refractivity contribution in [1.29, 1.82) is 0 Å². The smallest absolute Gasteiger partial charge is 0.253 e. The average molecular weight is 284 g/mol. The van der Waals surface area contributed by atoms with Gasteiger partial charge in [-0.2, -0.15) is 0 Å². The van der Waals surface area contributed by atoms with Crippen LogP contribution in [0.25, 0.3) is 0 Å². The van der Waals surface area contributed by atoms with Gasteiger partial charge in [0, 0.05) is 12.3 Å². The molecule has 1 heterocycles. The number of primary sulfonamides is 1. The highest BCUT2D eigenvalue weighted by Gasteiger charge is 2.24. The topological polar surface area (TPSA) is 98.5 Å². The average Bonchev–Trinajstić information content (AvgIpc) is 2.84. The lowest BCUT2D eigenvalue weighted by atomic mass is 10.2. The highest BCUT2D eigenvalue weighted by Crippen LogP contribution is 2.20. The third-order valence-electron chi connectivity index (χ3n) is 3.01. The molecule has 1 aromatic carbocycles. The maximum atomic E-state index is 11.9. The predicted molar refractivity (Wildman–Crippen MR) is 70.2 cm³/mol. The molecule has 0 bridgehead atoms. The molecule has 1 fully saturated rings. The molecule has 1 aliphatic heterocycles. The molecular weight excluding hydrogens is 268 g/mol. The number of aryl methyl sites for hydroxylation is 1. The predicted octanol–water partition coefficient (Wildman–Crippen LogP) is 0.760. The Morgan fingerprint density at radius 1 is 1.47 bits per heavy atom. The first kappa shape index (κ1) is 14.0. The van der Waals surface area contributed by atoms with Crippen molar-refractivity contribution in [3.05, 3.63) is 23.8 Å². The molecule has 1 aromatic rings. The van der Waals surface area contributed by atoms with Crippen LogP contribution >= 0.6 is 0 Å². The summed E-state index contributed by atoms with van der Waals surface area (Å²) in [5, 5.41) is 7.77. The van der Waals surface area contributed by atoms with Crippen LogP contribution in [-0.2, 0) is 19.6 Å². The number of carbonyl (C=O) groups excluding carboxylic acids is 1. The fourth-order valence-corrected chi connectivity index (χ4v) is 2.55. The summed E-state index contributed by atoms with van der Waals surface area (Å²) in [4.78, 5) is 11.9. The maximum Gasteiger partial charge on any atom is 0.253 e. The van der Waals surface area contributed by atoms with Crippen molar-refractivity contribution in [2.75, 3.05) is 11.9 Å². The number of hydrogen-bond acceptors (Lipinski definition) is 4. The first-order valence-electron chi connectivity index (χ1n) is 5.94. The van der Waals surface area contributed by atoms with Crippen molar-refractivity contribution in [3.8, 4) is 0 Å². The minimum absolute atomic E-state index is 0.0279. The van der Waals surface area contributed by atoms with Gasteiger partial charge in [0.15, 0.2) is 0 Å². The molecule has 19 heavy (non-hydrogen) atoms. The van der Waals surface area contributed by atoms with E-state index in [0.29, 0.717) is 24.3 Å². The van der Waals surface area contributed by atoms with Gasteiger partial charge in [-0.25, -0.2) is 13.6 Å². The number of amides is 1. The Kier molecular flexibility index (Phi) is 3.88. The van der Waals surface area contributed by atoms with Crippen LogP contribution in [0, 0.1) is 6.92 Å². The number of hydrogen-bond donors (Lipinski definition) is 2. The van der Waals surface area contributed by atoms with Crippen molar-refractivity contribution >= 4 is 21.6 Å². The minimum atomic E-state index is -3.72. The van der Waals surface area contributed by atoms with Crippen LogP contribution in [0.3, 0.4) is 0 Å². The molecule has 0 aromatic heterocycles. The van der Waals surface area contributed by atoms with Crippen molar-refractivity contribution in [3.63, 3.8) is 0 Å². The van der Waals surface area contributed by atoms with E-state index >= 15 is 0 Å². The molecule has 1 aliphatic rings. The van der Waals surface area contributed by atoms with Gasteiger partial charge in [0.2, 0.25) is 10.0 Å². The standard InChI is InChI=1S/C12H16N2O4S/c1-8-7-9(19(13,16)17)4-5-10(8)14-12(15)11-3-2-6-18-11/h4-5,7,11H,2-3,6H2,1H3,(H,14,15)(H2,13,16,17). The van der Waals surface area contributed by atoms with Crippen LogP contribution in [0.4, 0.5) is 5.69 Å². The van der Waals surface area contributed by atoms with Gasteiger partial charge in [-0.15, -0.1) is 0 Å². The highest BCUT2D eigenvalue weighted by atomic mass is 32.2. The van der Waals surface area contributed by atoms with Gasteiger partial charge in [0.1, 0.15) is 6.10 Å². The highest BCUT2D eigenvalue weighted by molar-refractivity contribution is 7.89. The van der Waals surface area contributed by atoms with E-state index in [1.54, 1.807) is 6.92 Å². The summed E-state index contributed by atoms with van der Waals surface area (Å²) in [6, 6.07) is 4.33. The summed E-state index contributed by atoms with van der Waals surface area (Å²) in [7, 11) is -3.72. The van der Waals surface area contributed by atoms with Crippen LogP contribution in [0.5, 0.6) is 0 Å². The monoisotopic (exact) mass is 284 g/mol. The first-order chi connectivity index (χ1) is 8.88. The van der Waals surface area contributed by atoms with E-state index in [1.807, 2.05) is 0 Å². The lowest BCUT2D eigenvalue weighted by Crippen LogP contribution is -2.27. The second-order valence-corrected chi connectivity index (χ2v) is 6.07. The molecule has 0 aliphatic carbocycles. The molecule has 0 saturated carbocycles. The number of nitrogens with one attached hydrogen (secondary N) is 1. The van der Waals surface area contributed by atoms with E-state index in [9.17, 15) is 13.2 Å². The van der Waals surface area contributed by atoms with Crippen LogP contribution in [0.1, 0.15) is 18.4 Å². The van der Waals surface area contributed by atoms with Crippen molar-refractivity contribution < 1.29 is 17.9 Å². The quantitative estimate of drug-likeness (QED) is 0.856. The third kappa shape index (κ3) is 3.31. The SMILES string of the molecule is Cc1cc(S(N)(=O)=O)ccc1NC(=O)C1CCCO1. The third-order valence-corrected chi connectivity index (χ3v) is 3.92. The fourth-order valence-electron chi connectivity index (χ4n) is 1.95. The van der Waals surface area contributed by atoms with Gasteiger partial charge in [-0.05, 0) is 43.5 Å². The molecular formula is C12H16N2O4S. The largest absolute Gasteiger partial charge is 0.368 e. The molecule has 6 nitrogen and oxygen atoms in total. The van der Waals surface area contributed by atoms with E-state index < -0.39 is 16.1 Å². The Morgan fingerprint density at radius 2 is 2.21 bits per heavy atom. The summed E-state index contributed by atoms with van der Waals surface area (Å²) < 4.78 is 27.7. The molecule has 0 radical (unpaired) electrons. The van der Waals surface area contributed by atoms with Crippen LogP contribution in [-0.4, -0.2) is 27.0 Å². The van der Waals surface area contributed by atoms with Gasteiger partial charge < -0.3 is 10.1 Å². The molecule has 1 unspecified atom stereocenters. The summed E-state index contributed by atoms with van der Waals surface area (Å²) in [6.45, 7) is 2.31. The summed E-state index contributed by atoms with van der Waals surface area (Å²) in [5.74, 6) is -0.205. The van der Waals surface area contributed by atoms with E-state index in [4.69, 9.17) is 9.88 Å². The van der Waals surface area contributed by atoms with Gasteiger partial charge in [0.05, 0.1) is 4.90 Å². The van der Waals surface area contributed by atoms with Gasteiger partial charge >= 0.3 is 0 Å². The first-order valence-corrected chi connectivity index (χ1v) is 7.48. The van der Waals surface area contributed by atoms with Crippen LogP contribution < -0.4 is 10.5 Å².